The summed E-state index contributed by atoms with van der Waals surface area (Å²) in [7, 11) is -0.975. The van der Waals surface area contributed by atoms with Crippen molar-refractivity contribution in [3.8, 4) is 0 Å². The number of rotatable bonds is 4. The summed E-state index contributed by atoms with van der Waals surface area (Å²) in [5, 5.41) is 2.70. The number of hydrogen-bond donors (Lipinski definition) is 1. The number of nitrogens with zero attached hydrogens (tertiary/aromatic N) is 2. The molecule has 1 N–H and O–H groups in total. The normalized spacial score (nSPS) is 25.4. The second-order valence-corrected chi connectivity index (χ2v) is 7.73. The van der Waals surface area contributed by atoms with Gasteiger partial charge in [0.1, 0.15) is 0 Å². The van der Waals surface area contributed by atoms with E-state index in [9.17, 15) is 13.2 Å². The van der Waals surface area contributed by atoms with Crippen molar-refractivity contribution in [1.29, 1.82) is 0 Å². The van der Waals surface area contributed by atoms with Crippen molar-refractivity contribution in [3.63, 3.8) is 0 Å². The van der Waals surface area contributed by atoms with Crippen LogP contribution in [-0.2, 0) is 9.84 Å². The number of amides is 2. The van der Waals surface area contributed by atoms with E-state index in [1.54, 1.807) is 11.8 Å². The van der Waals surface area contributed by atoms with E-state index in [1.807, 2.05) is 14.0 Å². The van der Waals surface area contributed by atoms with Crippen molar-refractivity contribution in [1.82, 2.24) is 15.1 Å². The Morgan fingerprint density at radius 2 is 1.89 bits per heavy atom. The largest absolute Gasteiger partial charge is 0.337 e. The summed E-state index contributed by atoms with van der Waals surface area (Å²) in [5.41, 5.74) is 0. The van der Waals surface area contributed by atoms with Crippen LogP contribution >= 0.6 is 0 Å². The van der Waals surface area contributed by atoms with Crippen LogP contribution in [-0.4, -0.2) is 74.5 Å². The van der Waals surface area contributed by atoms with Gasteiger partial charge in [-0.15, -0.1) is 0 Å². The number of piperazine rings is 1. The molecule has 7 heteroatoms. The molecule has 0 aromatic heterocycles. The van der Waals surface area contributed by atoms with Gasteiger partial charge in [-0.1, -0.05) is 6.92 Å². The summed E-state index contributed by atoms with van der Waals surface area (Å²) < 4.78 is 22.7. The molecular weight excluding hydrogens is 266 g/mol. The van der Waals surface area contributed by atoms with Crippen LogP contribution in [0.5, 0.6) is 0 Å². The van der Waals surface area contributed by atoms with Crippen molar-refractivity contribution in [2.75, 3.05) is 38.2 Å². The number of urea groups is 1. The second kappa shape index (κ2) is 6.56. The Balaban J connectivity index is 2.45. The van der Waals surface area contributed by atoms with Crippen LogP contribution in [0.25, 0.3) is 0 Å². The molecule has 0 aromatic rings. The fourth-order valence-electron chi connectivity index (χ4n) is 2.14. The van der Waals surface area contributed by atoms with Gasteiger partial charge in [0.15, 0.2) is 9.84 Å². The van der Waals surface area contributed by atoms with Gasteiger partial charge in [-0.2, -0.15) is 0 Å². The number of nitrogens with one attached hydrogen (secondary N) is 1. The maximum atomic E-state index is 12.0. The molecule has 1 heterocycles. The van der Waals surface area contributed by atoms with Crippen LogP contribution in [0.4, 0.5) is 4.79 Å². The lowest BCUT2D eigenvalue weighted by Gasteiger charge is -2.42. The Bertz CT molecular complexity index is 410. The van der Waals surface area contributed by atoms with E-state index in [1.165, 1.54) is 0 Å². The molecule has 0 radical (unpaired) electrons. The lowest BCUT2D eigenvalue weighted by atomic mass is 10.1. The molecule has 1 saturated heterocycles. The van der Waals surface area contributed by atoms with E-state index >= 15 is 0 Å². The van der Waals surface area contributed by atoms with Crippen molar-refractivity contribution in [2.24, 2.45) is 0 Å². The molecule has 0 aliphatic carbocycles. The molecule has 0 aromatic carbocycles. The summed E-state index contributed by atoms with van der Waals surface area (Å²) in [6.45, 7) is 7.38. The number of carbonyl (C=O) groups is 1. The Labute approximate surface area is 116 Å². The van der Waals surface area contributed by atoms with Crippen LogP contribution in [0.3, 0.4) is 0 Å². The molecule has 2 atom stereocenters. The summed E-state index contributed by atoms with van der Waals surface area (Å²) in [4.78, 5) is 16.0. The molecule has 0 saturated carbocycles. The fraction of sp³-hybridized carbons (Fsp3) is 0.917. The Morgan fingerprint density at radius 3 is 2.47 bits per heavy atom. The van der Waals surface area contributed by atoms with Gasteiger partial charge in [-0.3, -0.25) is 4.90 Å². The highest BCUT2D eigenvalue weighted by molar-refractivity contribution is 7.91. The zero-order valence-corrected chi connectivity index (χ0v) is 13.0. The SMILES string of the molecule is CCS(=O)(=O)CCNC(=O)N1CC(C)N(C)CC1C. The minimum Gasteiger partial charge on any atom is -0.337 e. The topological polar surface area (TPSA) is 69.7 Å². The zero-order valence-electron chi connectivity index (χ0n) is 12.2. The molecular formula is C12H25N3O3S. The predicted octanol–water partition coefficient (Wildman–Crippen LogP) is 0.155. The maximum Gasteiger partial charge on any atom is 0.317 e. The molecule has 2 unspecified atom stereocenters. The summed E-state index contributed by atoms with van der Waals surface area (Å²) in [6, 6.07) is 0.295. The molecule has 1 rings (SSSR count). The fourth-order valence-corrected chi connectivity index (χ4v) is 2.84. The first-order valence-electron chi connectivity index (χ1n) is 6.72. The molecule has 1 aliphatic heterocycles. The minimum absolute atomic E-state index is 0.00686. The molecule has 1 fully saturated rings. The maximum absolute atomic E-state index is 12.0. The van der Waals surface area contributed by atoms with Crippen molar-refractivity contribution < 1.29 is 13.2 Å². The van der Waals surface area contributed by atoms with Crippen LogP contribution in [0.15, 0.2) is 0 Å². The molecule has 6 nitrogen and oxygen atoms in total. The monoisotopic (exact) mass is 291 g/mol. The molecule has 2 amide bonds. The van der Waals surface area contributed by atoms with E-state index in [-0.39, 0.29) is 30.1 Å². The van der Waals surface area contributed by atoms with Gasteiger partial charge in [0, 0.05) is 37.5 Å². The first-order chi connectivity index (χ1) is 8.76. The van der Waals surface area contributed by atoms with Crippen molar-refractivity contribution >= 4 is 15.9 Å². The highest BCUT2D eigenvalue weighted by atomic mass is 32.2. The zero-order chi connectivity index (χ0) is 14.6. The highest BCUT2D eigenvalue weighted by Crippen LogP contribution is 2.13. The third-order valence-electron chi connectivity index (χ3n) is 3.69. The van der Waals surface area contributed by atoms with Gasteiger partial charge in [-0.05, 0) is 20.9 Å². The second-order valence-electron chi connectivity index (χ2n) is 5.26. The molecule has 0 spiro atoms. The van der Waals surface area contributed by atoms with Crippen LogP contribution in [0.2, 0.25) is 0 Å². The Morgan fingerprint density at radius 1 is 1.26 bits per heavy atom. The minimum atomic E-state index is -3.02. The summed E-state index contributed by atoms with van der Waals surface area (Å²) in [6.07, 6.45) is 0. The average molecular weight is 291 g/mol. The number of carbonyl (C=O) groups excluding carboxylic acids is 1. The number of likely N-dealkylation sites (N-methyl/N-ethyl adjacent to an activating group) is 1. The third kappa shape index (κ3) is 4.65. The number of sulfone groups is 1. The summed E-state index contributed by atoms with van der Waals surface area (Å²) >= 11 is 0. The lowest BCUT2D eigenvalue weighted by Crippen LogP contribution is -2.59. The van der Waals surface area contributed by atoms with Gasteiger partial charge in [0.25, 0.3) is 0 Å². The van der Waals surface area contributed by atoms with Crippen molar-refractivity contribution in [3.05, 3.63) is 0 Å². The predicted molar refractivity (Wildman–Crippen MR) is 76.0 cm³/mol. The Kier molecular flexibility index (Phi) is 5.61. The quantitative estimate of drug-likeness (QED) is 0.801. The third-order valence-corrected chi connectivity index (χ3v) is 5.39. The smallest absolute Gasteiger partial charge is 0.317 e. The van der Waals surface area contributed by atoms with E-state index < -0.39 is 9.84 Å². The van der Waals surface area contributed by atoms with Gasteiger partial charge >= 0.3 is 6.03 Å². The first kappa shape index (κ1) is 16.2. The van der Waals surface area contributed by atoms with Gasteiger partial charge in [0.05, 0.1) is 5.75 Å². The number of hydrogen-bond acceptors (Lipinski definition) is 4. The standard InChI is InChI=1S/C12H25N3O3S/c1-5-19(17,18)7-6-13-12(16)15-9-10(2)14(4)8-11(15)3/h10-11H,5-9H2,1-4H3,(H,13,16). The van der Waals surface area contributed by atoms with E-state index in [4.69, 9.17) is 0 Å². The van der Waals surface area contributed by atoms with E-state index in [0.29, 0.717) is 12.6 Å². The van der Waals surface area contributed by atoms with Crippen LogP contribution < -0.4 is 5.32 Å². The first-order valence-corrected chi connectivity index (χ1v) is 8.54. The lowest BCUT2D eigenvalue weighted by molar-refractivity contribution is 0.0813. The van der Waals surface area contributed by atoms with Gasteiger partial charge in [-0.25, -0.2) is 13.2 Å². The molecule has 1 aliphatic rings. The van der Waals surface area contributed by atoms with Gasteiger partial charge in [0.2, 0.25) is 0 Å². The molecule has 112 valence electrons. The van der Waals surface area contributed by atoms with Crippen LogP contribution in [0, 0.1) is 0 Å². The summed E-state index contributed by atoms with van der Waals surface area (Å²) in [5.74, 6) is 0.123. The van der Waals surface area contributed by atoms with Crippen LogP contribution in [0.1, 0.15) is 20.8 Å². The van der Waals surface area contributed by atoms with E-state index in [0.717, 1.165) is 6.54 Å². The highest BCUT2D eigenvalue weighted by Gasteiger charge is 2.29. The molecule has 19 heavy (non-hydrogen) atoms. The Hall–Kier alpha value is -0.820. The average Bonchev–Trinajstić information content (AvgIpc) is 2.33. The molecule has 0 bridgehead atoms. The van der Waals surface area contributed by atoms with E-state index in [2.05, 4.69) is 17.1 Å². The van der Waals surface area contributed by atoms with Crippen molar-refractivity contribution in [2.45, 2.75) is 32.9 Å². The van der Waals surface area contributed by atoms with Gasteiger partial charge < -0.3 is 10.2 Å².